The van der Waals surface area contributed by atoms with Crippen molar-refractivity contribution < 1.29 is 13.5 Å². The van der Waals surface area contributed by atoms with Crippen molar-refractivity contribution >= 4 is 17.6 Å². The van der Waals surface area contributed by atoms with Crippen molar-refractivity contribution in [1.82, 2.24) is 4.98 Å². The van der Waals surface area contributed by atoms with E-state index < -0.39 is 11.6 Å². The first-order valence-electron chi connectivity index (χ1n) is 5.28. The molecule has 1 aromatic carbocycles. The van der Waals surface area contributed by atoms with Crippen LogP contribution in [0.3, 0.4) is 0 Å². The van der Waals surface area contributed by atoms with E-state index in [2.05, 4.69) is 10.4 Å². The lowest BCUT2D eigenvalue weighted by atomic mass is 10.3. The second-order valence-corrected chi connectivity index (χ2v) is 4.59. The first kappa shape index (κ1) is 13.6. The molecule has 1 heterocycles. The van der Waals surface area contributed by atoms with Gasteiger partial charge in [-0.05, 0) is 24.3 Å². The van der Waals surface area contributed by atoms with E-state index in [0.29, 0.717) is 5.75 Å². The highest BCUT2D eigenvalue weighted by molar-refractivity contribution is 7.99. The Balaban J connectivity index is 2.26. The van der Waals surface area contributed by atoms with Gasteiger partial charge in [-0.1, -0.05) is 11.8 Å². The van der Waals surface area contributed by atoms with E-state index in [9.17, 15) is 8.78 Å². The number of nitrogens with two attached hydrogens (primary N) is 1. The Morgan fingerprint density at radius 2 is 1.89 bits per heavy atom. The summed E-state index contributed by atoms with van der Waals surface area (Å²) in [6, 6.07) is 7.73. The van der Waals surface area contributed by atoms with Gasteiger partial charge in [-0.25, -0.2) is 19.6 Å². The van der Waals surface area contributed by atoms with Gasteiger partial charge in [0, 0.05) is 11.0 Å². The van der Waals surface area contributed by atoms with Crippen molar-refractivity contribution in [3.05, 3.63) is 42.0 Å². The molecule has 0 saturated heterocycles. The molecule has 100 valence electrons. The van der Waals surface area contributed by atoms with Crippen molar-refractivity contribution in [2.75, 3.05) is 12.5 Å². The molecule has 2 aromatic rings. The molecule has 4 nitrogen and oxygen atoms in total. The molecule has 0 radical (unpaired) electrons. The number of nitrogen functional groups attached to an aromatic ring is 1. The van der Waals surface area contributed by atoms with Crippen LogP contribution < -0.4 is 16.0 Å². The van der Waals surface area contributed by atoms with Crippen molar-refractivity contribution in [2.45, 2.75) is 9.92 Å². The maximum Gasteiger partial charge on any atom is 0.177 e. The summed E-state index contributed by atoms with van der Waals surface area (Å²) in [6.07, 6.45) is 0. The van der Waals surface area contributed by atoms with E-state index in [1.165, 1.54) is 0 Å². The summed E-state index contributed by atoms with van der Waals surface area (Å²) in [6.45, 7) is 0. The Kier molecular flexibility index (Phi) is 4.18. The van der Waals surface area contributed by atoms with Crippen molar-refractivity contribution in [2.24, 2.45) is 5.84 Å². The maximum atomic E-state index is 13.6. The van der Waals surface area contributed by atoms with Crippen LogP contribution in [0, 0.1) is 11.6 Å². The molecule has 0 aliphatic heterocycles. The number of pyridine rings is 1. The minimum Gasteiger partial charge on any atom is -0.497 e. The van der Waals surface area contributed by atoms with E-state index in [1.54, 1.807) is 31.4 Å². The number of anilines is 1. The van der Waals surface area contributed by atoms with E-state index >= 15 is 0 Å². The molecule has 0 fully saturated rings. The number of ether oxygens (including phenoxy) is 1. The van der Waals surface area contributed by atoms with Gasteiger partial charge in [0.05, 0.1) is 7.11 Å². The monoisotopic (exact) mass is 283 g/mol. The third-order valence-electron chi connectivity index (χ3n) is 2.31. The normalized spacial score (nSPS) is 10.3. The number of methoxy groups -OCH3 is 1. The number of hydrazine groups is 1. The van der Waals surface area contributed by atoms with Crippen molar-refractivity contribution in [3.8, 4) is 5.75 Å². The fraction of sp³-hybridized carbons (Fsp3) is 0.0833. The Hall–Kier alpha value is -1.86. The summed E-state index contributed by atoms with van der Waals surface area (Å²) in [5.41, 5.74) is 2.08. The fourth-order valence-electron chi connectivity index (χ4n) is 1.38. The fourth-order valence-corrected chi connectivity index (χ4v) is 2.17. The second kappa shape index (κ2) is 5.85. The van der Waals surface area contributed by atoms with Gasteiger partial charge in [0.25, 0.3) is 0 Å². The summed E-state index contributed by atoms with van der Waals surface area (Å²) < 4.78 is 31.8. The van der Waals surface area contributed by atoms with Crippen LogP contribution in [0.1, 0.15) is 0 Å². The molecule has 0 aliphatic rings. The van der Waals surface area contributed by atoms with Crippen LogP contribution in [-0.4, -0.2) is 12.1 Å². The zero-order valence-corrected chi connectivity index (χ0v) is 10.8. The lowest BCUT2D eigenvalue weighted by molar-refractivity contribution is 0.414. The lowest BCUT2D eigenvalue weighted by Crippen LogP contribution is -2.11. The largest absolute Gasteiger partial charge is 0.497 e. The summed E-state index contributed by atoms with van der Waals surface area (Å²) in [7, 11) is 1.56. The molecular weight excluding hydrogens is 272 g/mol. The van der Waals surface area contributed by atoms with Crippen molar-refractivity contribution in [1.29, 1.82) is 0 Å². The Morgan fingerprint density at radius 1 is 1.21 bits per heavy atom. The standard InChI is InChI=1S/C12H11F2N3OS/c1-18-7-2-4-8(5-3-7)19-12-10(14)6-9(13)11(16-12)17-15/h2-6H,15H2,1H3,(H,16,17). The predicted octanol–water partition coefficient (Wildman–Crippen LogP) is 2.81. The molecule has 0 atom stereocenters. The highest BCUT2D eigenvalue weighted by Crippen LogP contribution is 2.31. The number of benzene rings is 1. The average Bonchev–Trinajstić information content (AvgIpc) is 2.42. The maximum absolute atomic E-state index is 13.6. The van der Waals surface area contributed by atoms with Crippen LogP contribution >= 0.6 is 11.8 Å². The molecule has 0 bridgehead atoms. The van der Waals surface area contributed by atoms with Gasteiger partial charge in [-0.2, -0.15) is 0 Å². The van der Waals surface area contributed by atoms with Crippen LogP contribution in [0.2, 0.25) is 0 Å². The smallest absolute Gasteiger partial charge is 0.177 e. The zero-order chi connectivity index (χ0) is 13.8. The number of rotatable bonds is 4. The Bertz CT molecular complexity index is 578. The van der Waals surface area contributed by atoms with Crippen LogP contribution in [-0.2, 0) is 0 Å². The van der Waals surface area contributed by atoms with Gasteiger partial charge in [-0.3, -0.25) is 0 Å². The highest BCUT2D eigenvalue weighted by Gasteiger charge is 2.12. The summed E-state index contributed by atoms with van der Waals surface area (Å²) >= 11 is 1.07. The molecule has 2 rings (SSSR count). The van der Waals surface area contributed by atoms with Crippen LogP contribution in [0.5, 0.6) is 5.75 Å². The lowest BCUT2D eigenvalue weighted by Gasteiger charge is -2.07. The molecule has 0 saturated carbocycles. The third kappa shape index (κ3) is 3.12. The van der Waals surface area contributed by atoms with Gasteiger partial charge in [0.2, 0.25) is 0 Å². The van der Waals surface area contributed by atoms with E-state index in [1.807, 2.05) is 0 Å². The molecule has 1 aromatic heterocycles. The van der Waals surface area contributed by atoms with E-state index in [0.717, 1.165) is 22.7 Å². The van der Waals surface area contributed by atoms with Gasteiger partial charge >= 0.3 is 0 Å². The van der Waals surface area contributed by atoms with Gasteiger partial charge in [0.15, 0.2) is 17.5 Å². The molecular formula is C12H11F2N3OS. The number of aromatic nitrogens is 1. The second-order valence-electron chi connectivity index (χ2n) is 3.53. The molecule has 0 spiro atoms. The van der Waals surface area contributed by atoms with Gasteiger partial charge in [0.1, 0.15) is 10.8 Å². The molecule has 19 heavy (non-hydrogen) atoms. The predicted molar refractivity (Wildman–Crippen MR) is 69.1 cm³/mol. The average molecular weight is 283 g/mol. The quantitative estimate of drug-likeness (QED) is 0.667. The Morgan fingerprint density at radius 3 is 2.47 bits per heavy atom. The zero-order valence-electron chi connectivity index (χ0n) is 9.98. The number of nitrogens with zero attached hydrogens (tertiary/aromatic N) is 1. The molecule has 0 amide bonds. The molecule has 7 heteroatoms. The highest BCUT2D eigenvalue weighted by atomic mass is 32.2. The number of halogens is 2. The minimum absolute atomic E-state index is 0.0412. The van der Waals surface area contributed by atoms with Gasteiger partial charge in [-0.15, -0.1) is 0 Å². The van der Waals surface area contributed by atoms with Gasteiger partial charge < -0.3 is 10.2 Å². The number of nitrogens with one attached hydrogen (secondary N) is 1. The third-order valence-corrected chi connectivity index (χ3v) is 3.30. The summed E-state index contributed by atoms with van der Waals surface area (Å²) in [5, 5.41) is 0.0412. The molecule has 0 unspecified atom stereocenters. The van der Waals surface area contributed by atoms with Crippen molar-refractivity contribution in [3.63, 3.8) is 0 Å². The summed E-state index contributed by atoms with van der Waals surface area (Å²) in [4.78, 5) is 4.53. The van der Waals surface area contributed by atoms with E-state index in [-0.39, 0.29) is 10.8 Å². The first-order chi connectivity index (χ1) is 9.13. The van der Waals surface area contributed by atoms with E-state index in [4.69, 9.17) is 10.6 Å². The van der Waals surface area contributed by atoms with Crippen LogP contribution in [0.4, 0.5) is 14.6 Å². The number of hydrogen-bond acceptors (Lipinski definition) is 5. The summed E-state index contributed by atoms with van der Waals surface area (Å²) in [5.74, 6) is 4.03. The molecule has 3 N–H and O–H groups in total. The van der Waals surface area contributed by atoms with Crippen LogP contribution in [0.25, 0.3) is 0 Å². The minimum atomic E-state index is -0.834. The SMILES string of the molecule is COc1ccc(Sc2nc(NN)c(F)cc2F)cc1. The van der Waals surface area contributed by atoms with Crippen LogP contribution in [0.15, 0.2) is 40.3 Å². The topological polar surface area (TPSA) is 60.2 Å². The number of hydrogen-bond donors (Lipinski definition) is 2. The molecule has 0 aliphatic carbocycles. The first-order valence-corrected chi connectivity index (χ1v) is 6.10. The Labute approximate surface area is 113 Å².